The summed E-state index contributed by atoms with van der Waals surface area (Å²) < 4.78 is 0. The topological polar surface area (TPSA) is 49.6 Å². The maximum Gasteiger partial charge on any atom is 0.223 e. The zero-order valence-electron chi connectivity index (χ0n) is 15.7. The quantitative estimate of drug-likeness (QED) is 0.863. The summed E-state index contributed by atoms with van der Waals surface area (Å²) >= 11 is 0. The van der Waals surface area contributed by atoms with Crippen LogP contribution in [0.2, 0.25) is 0 Å². The van der Waals surface area contributed by atoms with E-state index in [1.54, 1.807) is 0 Å². The highest BCUT2D eigenvalue weighted by Crippen LogP contribution is 2.30. The van der Waals surface area contributed by atoms with Crippen LogP contribution < -0.4 is 5.73 Å². The van der Waals surface area contributed by atoms with E-state index in [1.807, 2.05) is 0 Å². The molecule has 4 atom stereocenters. The Bertz CT molecular complexity index is 562. The fourth-order valence-electron chi connectivity index (χ4n) is 4.62. The Morgan fingerprint density at radius 1 is 1.28 bits per heavy atom. The molecular weight excluding hydrogens is 310 g/mol. The first-order valence-electron chi connectivity index (χ1n) is 9.94. The molecule has 1 aliphatic heterocycles. The van der Waals surface area contributed by atoms with Crippen LogP contribution in [0.25, 0.3) is 0 Å². The fourth-order valence-corrected chi connectivity index (χ4v) is 4.62. The summed E-state index contributed by atoms with van der Waals surface area (Å²) in [4.78, 5) is 17.5. The van der Waals surface area contributed by atoms with Crippen molar-refractivity contribution in [2.24, 2.45) is 11.7 Å². The summed E-state index contributed by atoms with van der Waals surface area (Å²) in [7, 11) is 0. The zero-order valence-corrected chi connectivity index (χ0v) is 15.7. The Labute approximate surface area is 152 Å². The number of hydrogen-bond donors (Lipinski definition) is 1. The van der Waals surface area contributed by atoms with Crippen LogP contribution in [-0.4, -0.2) is 47.4 Å². The van der Waals surface area contributed by atoms with Gasteiger partial charge in [-0.2, -0.15) is 0 Å². The third-order valence-corrected chi connectivity index (χ3v) is 6.28. The molecule has 2 unspecified atom stereocenters. The van der Waals surface area contributed by atoms with E-state index in [9.17, 15) is 4.79 Å². The Morgan fingerprint density at radius 2 is 2.04 bits per heavy atom. The minimum Gasteiger partial charge on any atom is -0.339 e. The van der Waals surface area contributed by atoms with Gasteiger partial charge in [0, 0.05) is 44.2 Å². The van der Waals surface area contributed by atoms with Gasteiger partial charge in [-0.25, -0.2) is 0 Å². The number of carbonyl (C=O) groups excluding carboxylic acids is 1. The van der Waals surface area contributed by atoms with E-state index in [2.05, 4.69) is 54.0 Å². The van der Waals surface area contributed by atoms with Crippen molar-refractivity contribution in [2.45, 2.75) is 64.1 Å². The Kier molecular flexibility index (Phi) is 6.13. The molecule has 0 radical (unpaired) electrons. The van der Waals surface area contributed by atoms with Gasteiger partial charge >= 0.3 is 0 Å². The Balaban J connectivity index is 1.58. The van der Waals surface area contributed by atoms with Crippen molar-refractivity contribution in [2.75, 3.05) is 19.6 Å². The summed E-state index contributed by atoms with van der Waals surface area (Å²) in [5.41, 5.74) is 7.53. The lowest BCUT2D eigenvalue weighted by atomic mass is 9.99. The lowest BCUT2D eigenvalue weighted by Gasteiger charge is -2.31. The monoisotopic (exact) mass is 343 g/mol. The molecule has 3 rings (SSSR count). The molecule has 1 amide bonds. The lowest BCUT2D eigenvalue weighted by Crippen LogP contribution is -2.43. The average Bonchev–Trinajstić information content (AvgIpc) is 3.26. The van der Waals surface area contributed by atoms with Crippen LogP contribution in [0, 0.1) is 5.92 Å². The molecule has 1 aromatic carbocycles. The number of amides is 1. The van der Waals surface area contributed by atoms with E-state index in [0.29, 0.717) is 30.3 Å². The molecule has 0 bridgehead atoms. The molecule has 1 saturated heterocycles. The normalized spacial score (nSPS) is 28.2. The standard InChI is InChI=1S/C21H33N3O/c1-3-24(21(25)14-18-10-7-11-20(18)22)19-12-13-23(15-19)16(2)17-8-5-4-6-9-17/h4-6,8-9,16,18-20H,3,7,10-15,22H2,1-2H3/t16?,18-,19?,20+/m0/s1. The predicted molar refractivity (Wildman–Crippen MR) is 102 cm³/mol. The number of nitrogens with two attached hydrogens (primary N) is 1. The van der Waals surface area contributed by atoms with Crippen molar-refractivity contribution in [3.8, 4) is 0 Å². The number of nitrogens with zero attached hydrogens (tertiary/aromatic N) is 2. The molecule has 0 aromatic heterocycles. The molecule has 4 heteroatoms. The fraction of sp³-hybridized carbons (Fsp3) is 0.667. The summed E-state index contributed by atoms with van der Waals surface area (Å²) in [6.07, 6.45) is 5.09. The lowest BCUT2D eigenvalue weighted by molar-refractivity contribution is -0.134. The second-order valence-electron chi connectivity index (χ2n) is 7.76. The molecule has 1 aromatic rings. The number of rotatable bonds is 6. The van der Waals surface area contributed by atoms with Gasteiger partial charge in [0.15, 0.2) is 0 Å². The molecule has 1 heterocycles. The van der Waals surface area contributed by atoms with E-state index in [1.165, 1.54) is 12.0 Å². The highest BCUT2D eigenvalue weighted by Gasteiger charge is 2.34. The molecule has 2 N–H and O–H groups in total. The van der Waals surface area contributed by atoms with E-state index < -0.39 is 0 Å². The van der Waals surface area contributed by atoms with Crippen LogP contribution in [0.4, 0.5) is 0 Å². The van der Waals surface area contributed by atoms with Crippen molar-refractivity contribution in [3.63, 3.8) is 0 Å². The molecular formula is C21H33N3O. The van der Waals surface area contributed by atoms with E-state index >= 15 is 0 Å². The average molecular weight is 344 g/mol. The van der Waals surface area contributed by atoms with Gasteiger partial charge < -0.3 is 10.6 Å². The van der Waals surface area contributed by atoms with Gasteiger partial charge in [0.2, 0.25) is 5.91 Å². The molecule has 138 valence electrons. The second kappa shape index (κ2) is 8.33. The number of likely N-dealkylation sites (N-methyl/N-ethyl adjacent to an activating group) is 1. The van der Waals surface area contributed by atoms with Crippen LogP contribution in [0.15, 0.2) is 30.3 Å². The molecule has 1 aliphatic carbocycles. The smallest absolute Gasteiger partial charge is 0.223 e. The van der Waals surface area contributed by atoms with Crippen molar-refractivity contribution in [1.29, 1.82) is 0 Å². The van der Waals surface area contributed by atoms with Gasteiger partial charge in [0.25, 0.3) is 0 Å². The highest BCUT2D eigenvalue weighted by molar-refractivity contribution is 5.77. The summed E-state index contributed by atoms with van der Waals surface area (Å²) in [6.45, 7) is 7.22. The third kappa shape index (κ3) is 4.24. The molecule has 2 fully saturated rings. The minimum absolute atomic E-state index is 0.223. The van der Waals surface area contributed by atoms with Crippen LogP contribution in [0.1, 0.15) is 57.6 Å². The first kappa shape index (κ1) is 18.4. The number of benzene rings is 1. The Hall–Kier alpha value is -1.39. The molecule has 1 saturated carbocycles. The molecule has 25 heavy (non-hydrogen) atoms. The summed E-state index contributed by atoms with van der Waals surface area (Å²) in [5.74, 6) is 0.700. The van der Waals surface area contributed by atoms with Gasteiger partial charge in [-0.1, -0.05) is 36.8 Å². The van der Waals surface area contributed by atoms with Crippen LogP contribution in [0.5, 0.6) is 0 Å². The largest absolute Gasteiger partial charge is 0.339 e. The molecule has 0 spiro atoms. The summed E-state index contributed by atoms with van der Waals surface area (Å²) in [5, 5.41) is 0. The van der Waals surface area contributed by atoms with Crippen LogP contribution in [-0.2, 0) is 4.79 Å². The van der Waals surface area contributed by atoms with Crippen LogP contribution in [0.3, 0.4) is 0 Å². The van der Waals surface area contributed by atoms with Gasteiger partial charge in [0.1, 0.15) is 0 Å². The minimum atomic E-state index is 0.223. The predicted octanol–water partition coefficient (Wildman–Crippen LogP) is 3.19. The Morgan fingerprint density at radius 3 is 2.68 bits per heavy atom. The van der Waals surface area contributed by atoms with Gasteiger partial charge in [-0.05, 0) is 44.6 Å². The molecule has 4 nitrogen and oxygen atoms in total. The first-order valence-corrected chi connectivity index (χ1v) is 9.94. The van der Waals surface area contributed by atoms with E-state index in [4.69, 9.17) is 5.73 Å². The van der Waals surface area contributed by atoms with Crippen molar-refractivity contribution >= 4 is 5.91 Å². The number of hydrogen-bond acceptors (Lipinski definition) is 3. The van der Waals surface area contributed by atoms with Gasteiger partial charge in [-0.15, -0.1) is 0 Å². The summed E-state index contributed by atoms with van der Waals surface area (Å²) in [6, 6.07) is 11.6. The first-order chi connectivity index (χ1) is 12.1. The highest BCUT2D eigenvalue weighted by atomic mass is 16.2. The maximum atomic E-state index is 12.9. The van der Waals surface area contributed by atoms with E-state index in [-0.39, 0.29) is 6.04 Å². The van der Waals surface area contributed by atoms with Gasteiger partial charge in [0.05, 0.1) is 0 Å². The van der Waals surface area contributed by atoms with Crippen molar-refractivity contribution in [3.05, 3.63) is 35.9 Å². The second-order valence-corrected chi connectivity index (χ2v) is 7.76. The van der Waals surface area contributed by atoms with E-state index in [0.717, 1.165) is 38.9 Å². The maximum absolute atomic E-state index is 12.9. The molecule has 2 aliphatic rings. The van der Waals surface area contributed by atoms with Crippen molar-refractivity contribution in [1.82, 2.24) is 9.80 Å². The van der Waals surface area contributed by atoms with Gasteiger partial charge in [-0.3, -0.25) is 9.69 Å². The van der Waals surface area contributed by atoms with Crippen molar-refractivity contribution < 1.29 is 4.79 Å². The third-order valence-electron chi connectivity index (χ3n) is 6.28. The number of carbonyl (C=O) groups is 1. The SMILES string of the molecule is CCN(C(=O)C[C@@H]1CCC[C@H]1N)C1CCN(C(C)c2ccccc2)C1. The zero-order chi connectivity index (χ0) is 17.8. The van der Waals surface area contributed by atoms with Crippen LogP contribution >= 0.6 is 0 Å². The number of likely N-dealkylation sites (tertiary alicyclic amines) is 1.